The quantitative estimate of drug-likeness (QED) is 0.627. The Morgan fingerprint density at radius 1 is 1.53 bits per heavy atom. The zero-order valence-corrected chi connectivity index (χ0v) is 8.32. The zero-order valence-electron chi connectivity index (χ0n) is 8.32. The predicted molar refractivity (Wildman–Crippen MR) is 49.1 cm³/mol. The van der Waals surface area contributed by atoms with Crippen molar-refractivity contribution in [3.8, 4) is 0 Å². The maximum Gasteiger partial charge on any atom is 0.326 e. The van der Waals surface area contributed by atoms with E-state index in [1.807, 2.05) is 0 Å². The van der Waals surface area contributed by atoms with Crippen LogP contribution in [0, 0.1) is 0 Å². The van der Waals surface area contributed by atoms with Crippen LogP contribution in [0.15, 0.2) is 0 Å². The lowest BCUT2D eigenvalue weighted by Crippen LogP contribution is -2.53. The number of imide groups is 1. The fraction of sp³-hybridized carbons (Fsp3) is 0.667. The SMILES string of the molecule is C[C@@H](C(=O)O)N1C(=O)NC2(CCC2)C1=O. The number of aliphatic carboxylic acids is 1. The van der Waals surface area contributed by atoms with Gasteiger partial charge in [-0.15, -0.1) is 0 Å². The van der Waals surface area contributed by atoms with Gasteiger partial charge in [-0.3, -0.25) is 4.79 Å². The van der Waals surface area contributed by atoms with Gasteiger partial charge in [0.05, 0.1) is 0 Å². The van der Waals surface area contributed by atoms with Crippen molar-refractivity contribution < 1.29 is 19.5 Å². The number of carboxylic acid groups (broad SMARTS) is 1. The van der Waals surface area contributed by atoms with E-state index in [0.29, 0.717) is 12.8 Å². The third-order valence-corrected chi connectivity index (χ3v) is 3.14. The third-order valence-electron chi connectivity index (χ3n) is 3.14. The molecule has 2 N–H and O–H groups in total. The number of rotatable bonds is 2. The molecule has 2 aliphatic rings. The highest BCUT2D eigenvalue weighted by molar-refractivity contribution is 6.09. The number of carboxylic acids is 1. The van der Waals surface area contributed by atoms with E-state index >= 15 is 0 Å². The Hall–Kier alpha value is -1.59. The summed E-state index contributed by atoms with van der Waals surface area (Å²) in [5.41, 5.74) is -0.791. The summed E-state index contributed by atoms with van der Waals surface area (Å²) in [5.74, 6) is -1.57. The molecule has 1 aliphatic carbocycles. The number of urea groups is 1. The van der Waals surface area contributed by atoms with E-state index in [2.05, 4.69) is 5.32 Å². The molecule has 3 amide bonds. The Morgan fingerprint density at radius 2 is 2.13 bits per heavy atom. The van der Waals surface area contributed by atoms with Crippen LogP contribution in [-0.2, 0) is 9.59 Å². The van der Waals surface area contributed by atoms with Crippen LogP contribution in [0.5, 0.6) is 0 Å². The van der Waals surface area contributed by atoms with Crippen molar-refractivity contribution in [2.45, 2.75) is 37.8 Å². The van der Waals surface area contributed by atoms with Gasteiger partial charge in [0.1, 0.15) is 11.6 Å². The maximum absolute atomic E-state index is 11.8. The first-order valence-corrected chi connectivity index (χ1v) is 4.86. The van der Waals surface area contributed by atoms with Gasteiger partial charge in [-0.1, -0.05) is 0 Å². The highest BCUT2D eigenvalue weighted by atomic mass is 16.4. The van der Waals surface area contributed by atoms with Crippen LogP contribution in [-0.4, -0.2) is 39.5 Å². The van der Waals surface area contributed by atoms with E-state index in [9.17, 15) is 14.4 Å². The van der Waals surface area contributed by atoms with Gasteiger partial charge in [-0.25, -0.2) is 14.5 Å². The van der Waals surface area contributed by atoms with E-state index < -0.39 is 29.5 Å². The summed E-state index contributed by atoms with van der Waals surface area (Å²) >= 11 is 0. The molecular weight excluding hydrogens is 200 g/mol. The zero-order chi connectivity index (χ0) is 11.2. The average Bonchev–Trinajstić information content (AvgIpc) is 2.36. The smallest absolute Gasteiger partial charge is 0.326 e. The fourth-order valence-electron chi connectivity index (χ4n) is 1.97. The minimum Gasteiger partial charge on any atom is -0.480 e. The number of hydrogen-bond acceptors (Lipinski definition) is 3. The van der Waals surface area contributed by atoms with Gasteiger partial charge in [0.2, 0.25) is 0 Å². The molecule has 0 bridgehead atoms. The van der Waals surface area contributed by atoms with Gasteiger partial charge in [-0.2, -0.15) is 0 Å². The van der Waals surface area contributed by atoms with E-state index in [1.165, 1.54) is 6.92 Å². The summed E-state index contributed by atoms with van der Waals surface area (Å²) in [4.78, 5) is 34.8. The molecule has 1 atom stereocenters. The third kappa shape index (κ3) is 1.20. The number of nitrogens with one attached hydrogen (secondary N) is 1. The molecule has 0 aromatic carbocycles. The van der Waals surface area contributed by atoms with Crippen molar-refractivity contribution in [1.82, 2.24) is 10.2 Å². The first-order valence-electron chi connectivity index (χ1n) is 4.86. The second-order valence-corrected chi connectivity index (χ2v) is 4.06. The molecule has 82 valence electrons. The van der Waals surface area contributed by atoms with Crippen molar-refractivity contribution in [3.05, 3.63) is 0 Å². The first kappa shape index (κ1) is 9.95. The summed E-state index contributed by atoms with van der Waals surface area (Å²) in [6.07, 6.45) is 2.11. The number of carbonyl (C=O) groups is 3. The Balaban J connectivity index is 2.23. The highest BCUT2D eigenvalue weighted by Crippen LogP contribution is 2.37. The van der Waals surface area contributed by atoms with Crippen molar-refractivity contribution in [1.29, 1.82) is 0 Å². The van der Waals surface area contributed by atoms with Crippen molar-refractivity contribution >= 4 is 17.9 Å². The summed E-state index contributed by atoms with van der Waals surface area (Å²) in [5, 5.41) is 11.3. The molecule has 15 heavy (non-hydrogen) atoms. The minimum absolute atomic E-state index is 0.395. The Morgan fingerprint density at radius 3 is 2.47 bits per heavy atom. The van der Waals surface area contributed by atoms with Crippen molar-refractivity contribution in [2.24, 2.45) is 0 Å². The fourth-order valence-corrected chi connectivity index (χ4v) is 1.97. The second-order valence-electron chi connectivity index (χ2n) is 4.06. The molecule has 1 saturated carbocycles. The van der Waals surface area contributed by atoms with Gasteiger partial charge < -0.3 is 10.4 Å². The van der Waals surface area contributed by atoms with Crippen LogP contribution in [0.25, 0.3) is 0 Å². The first-order chi connectivity index (χ1) is 6.98. The number of carbonyl (C=O) groups excluding carboxylic acids is 2. The number of hydrogen-bond donors (Lipinski definition) is 2. The van der Waals surface area contributed by atoms with Gasteiger partial charge in [0, 0.05) is 0 Å². The molecule has 0 unspecified atom stereocenters. The van der Waals surface area contributed by atoms with Crippen molar-refractivity contribution in [2.75, 3.05) is 0 Å². The van der Waals surface area contributed by atoms with Crippen LogP contribution >= 0.6 is 0 Å². The lowest BCUT2D eigenvalue weighted by Gasteiger charge is -2.35. The summed E-state index contributed by atoms with van der Waals surface area (Å²) < 4.78 is 0. The summed E-state index contributed by atoms with van der Waals surface area (Å²) in [7, 11) is 0. The van der Waals surface area contributed by atoms with E-state index in [1.54, 1.807) is 0 Å². The standard InChI is InChI=1S/C9H12N2O4/c1-5(6(12)13)11-7(14)9(3-2-4-9)10-8(11)15/h5H,2-4H2,1H3,(H,10,15)(H,12,13)/t5-/m0/s1. The molecular formula is C9H12N2O4. The van der Waals surface area contributed by atoms with E-state index in [-0.39, 0.29) is 0 Å². The minimum atomic E-state index is -1.17. The van der Waals surface area contributed by atoms with Gasteiger partial charge in [0.15, 0.2) is 0 Å². The Labute approximate surface area is 86.2 Å². The van der Waals surface area contributed by atoms with Gasteiger partial charge >= 0.3 is 12.0 Å². The molecule has 1 heterocycles. The summed E-state index contributed by atoms with van der Waals surface area (Å²) in [6.45, 7) is 1.33. The van der Waals surface area contributed by atoms with Crippen LogP contribution in [0.1, 0.15) is 26.2 Å². The largest absolute Gasteiger partial charge is 0.480 e. The summed E-state index contributed by atoms with van der Waals surface area (Å²) in [6, 6.07) is -1.69. The maximum atomic E-state index is 11.8. The number of nitrogens with zero attached hydrogens (tertiary/aromatic N) is 1. The van der Waals surface area contributed by atoms with E-state index in [0.717, 1.165) is 11.3 Å². The predicted octanol–water partition coefficient (Wildman–Crippen LogP) is -0.0660. The van der Waals surface area contributed by atoms with Crippen LogP contribution < -0.4 is 5.32 Å². The molecule has 0 aromatic heterocycles. The van der Waals surface area contributed by atoms with Crippen molar-refractivity contribution in [3.63, 3.8) is 0 Å². The molecule has 0 aromatic rings. The molecule has 0 radical (unpaired) electrons. The molecule has 1 saturated heterocycles. The number of amides is 3. The average molecular weight is 212 g/mol. The lowest BCUT2D eigenvalue weighted by atomic mass is 9.77. The Bertz CT molecular complexity index is 348. The van der Waals surface area contributed by atoms with E-state index in [4.69, 9.17) is 5.11 Å². The normalized spacial score (nSPS) is 25.0. The van der Waals surface area contributed by atoms with Gasteiger partial charge in [-0.05, 0) is 26.2 Å². The molecule has 1 aliphatic heterocycles. The van der Waals surface area contributed by atoms with Gasteiger partial charge in [0.25, 0.3) is 5.91 Å². The molecule has 6 nitrogen and oxygen atoms in total. The Kier molecular flexibility index (Phi) is 1.95. The lowest BCUT2D eigenvalue weighted by molar-refractivity contribution is -0.148. The molecule has 2 rings (SSSR count). The molecule has 1 spiro atoms. The molecule has 2 fully saturated rings. The topological polar surface area (TPSA) is 86.7 Å². The van der Waals surface area contributed by atoms with Crippen LogP contribution in [0.4, 0.5) is 4.79 Å². The second kappa shape index (κ2) is 2.95. The monoisotopic (exact) mass is 212 g/mol. The molecule has 6 heteroatoms. The van der Waals surface area contributed by atoms with Crippen LogP contribution in [0.2, 0.25) is 0 Å². The van der Waals surface area contributed by atoms with Crippen LogP contribution in [0.3, 0.4) is 0 Å². The highest BCUT2D eigenvalue weighted by Gasteiger charge is 2.56.